The number of nitrogens with zero attached hydrogens (tertiary/aromatic N) is 3. The summed E-state index contributed by atoms with van der Waals surface area (Å²) in [6.45, 7) is 2.49. The number of hydrogen-bond acceptors (Lipinski definition) is 4. The Labute approximate surface area is 164 Å². The van der Waals surface area contributed by atoms with Gasteiger partial charge in [-0.05, 0) is 23.6 Å². The van der Waals surface area contributed by atoms with E-state index in [1.54, 1.807) is 12.1 Å². The van der Waals surface area contributed by atoms with Gasteiger partial charge in [-0.3, -0.25) is 4.68 Å². The summed E-state index contributed by atoms with van der Waals surface area (Å²) >= 11 is 0. The second kappa shape index (κ2) is 9.33. The highest BCUT2D eigenvalue weighted by atomic mass is 16.5. The van der Waals surface area contributed by atoms with E-state index < -0.39 is 5.97 Å². The largest absolute Gasteiger partial charge is 0.447 e. The summed E-state index contributed by atoms with van der Waals surface area (Å²) in [5.74, 6) is -0.551. The summed E-state index contributed by atoms with van der Waals surface area (Å²) in [6.07, 6.45) is 5.88. The quantitative estimate of drug-likeness (QED) is 0.460. The zero-order valence-corrected chi connectivity index (χ0v) is 15.7. The molecule has 0 atom stereocenters. The van der Waals surface area contributed by atoms with Gasteiger partial charge in [0, 0.05) is 23.4 Å². The number of hydrogen-bond donors (Lipinski definition) is 0. The SMILES string of the molecule is CCc1ccc(-c2nn(Cc3ccccc3)cc2/C=C/C(=O)OCC#N)cc1. The van der Waals surface area contributed by atoms with Gasteiger partial charge in [0.1, 0.15) is 6.07 Å². The van der Waals surface area contributed by atoms with Crippen LogP contribution in [0.3, 0.4) is 0 Å². The predicted octanol–water partition coefficient (Wildman–Crippen LogP) is 4.24. The molecule has 5 heteroatoms. The molecule has 0 fully saturated rings. The number of carbonyl (C=O) groups is 1. The van der Waals surface area contributed by atoms with Crippen LogP contribution in [0, 0.1) is 11.3 Å². The topological polar surface area (TPSA) is 67.9 Å². The van der Waals surface area contributed by atoms with Crippen LogP contribution < -0.4 is 0 Å². The third-order valence-corrected chi connectivity index (χ3v) is 4.29. The van der Waals surface area contributed by atoms with Gasteiger partial charge in [0.25, 0.3) is 0 Å². The normalized spacial score (nSPS) is 10.7. The highest BCUT2D eigenvalue weighted by molar-refractivity contribution is 5.88. The maximum absolute atomic E-state index is 11.7. The van der Waals surface area contributed by atoms with E-state index >= 15 is 0 Å². The molecular formula is C23H21N3O2. The van der Waals surface area contributed by atoms with Crippen LogP contribution >= 0.6 is 0 Å². The van der Waals surface area contributed by atoms with Crippen LogP contribution in [0.5, 0.6) is 0 Å². The van der Waals surface area contributed by atoms with E-state index in [0.717, 1.165) is 28.8 Å². The molecule has 0 aliphatic carbocycles. The van der Waals surface area contributed by atoms with E-state index in [-0.39, 0.29) is 6.61 Å². The zero-order chi connectivity index (χ0) is 19.8. The Hall–Kier alpha value is -3.65. The fourth-order valence-corrected chi connectivity index (χ4v) is 2.84. The van der Waals surface area contributed by atoms with Crippen LogP contribution in [0.1, 0.15) is 23.6 Å². The molecule has 140 valence electrons. The fraction of sp³-hybridized carbons (Fsp3) is 0.174. The highest BCUT2D eigenvalue weighted by Crippen LogP contribution is 2.24. The maximum Gasteiger partial charge on any atom is 0.331 e. The van der Waals surface area contributed by atoms with Crippen LogP contribution in [0.2, 0.25) is 0 Å². The molecule has 0 saturated carbocycles. The first-order chi connectivity index (χ1) is 13.7. The molecule has 28 heavy (non-hydrogen) atoms. The number of rotatable bonds is 7. The van der Waals surface area contributed by atoms with Crippen molar-refractivity contribution in [1.29, 1.82) is 5.26 Å². The standard InChI is InChI=1S/C23H21N3O2/c1-2-18-8-10-20(11-9-18)23-21(12-13-22(27)28-15-14-24)17-26(25-23)16-19-6-4-3-5-7-19/h3-13,17H,2,15-16H2,1H3/b13-12+. The zero-order valence-electron chi connectivity index (χ0n) is 15.7. The average Bonchev–Trinajstić information content (AvgIpc) is 3.14. The van der Waals surface area contributed by atoms with E-state index in [9.17, 15) is 4.79 Å². The Bertz CT molecular complexity index is 997. The number of carbonyl (C=O) groups excluding carboxylic acids is 1. The molecule has 0 spiro atoms. The first kappa shape index (κ1) is 19.1. The number of esters is 1. The van der Waals surface area contributed by atoms with Gasteiger partial charge >= 0.3 is 5.97 Å². The lowest BCUT2D eigenvalue weighted by molar-refractivity contribution is -0.136. The molecular weight excluding hydrogens is 350 g/mol. The first-order valence-corrected chi connectivity index (χ1v) is 9.12. The minimum absolute atomic E-state index is 0.262. The predicted molar refractivity (Wildman–Crippen MR) is 108 cm³/mol. The number of benzene rings is 2. The second-order valence-electron chi connectivity index (χ2n) is 6.27. The van der Waals surface area contributed by atoms with Gasteiger partial charge in [0.15, 0.2) is 6.61 Å². The minimum Gasteiger partial charge on any atom is -0.447 e. The summed E-state index contributed by atoms with van der Waals surface area (Å²) in [7, 11) is 0. The van der Waals surface area contributed by atoms with Gasteiger partial charge in [0.05, 0.1) is 12.2 Å². The fourth-order valence-electron chi connectivity index (χ4n) is 2.84. The van der Waals surface area contributed by atoms with Crippen molar-refractivity contribution in [3.05, 3.63) is 83.6 Å². The Morgan fingerprint density at radius 2 is 1.89 bits per heavy atom. The lowest BCUT2D eigenvalue weighted by atomic mass is 10.0. The van der Waals surface area contributed by atoms with E-state index in [0.29, 0.717) is 6.54 Å². The van der Waals surface area contributed by atoms with Crippen LogP contribution in [0.15, 0.2) is 66.9 Å². The molecule has 3 rings (SSSR count). The van der Waals surface area contributed by atoms with Crippen molar-refractivity contribution in [1.82, 2.24) is 9.78 Å². The van der Waals surface area contributed by atoms with Crippen LogP contribution in [-0.2, 0) is 22.5 Å². The Morgan fingerprint density at radius 1 is 1.14 bits per heavy atom. The summed E-state index contributed by atoms with van der Waals surface area (Å²) in [5.41, 5.74) is 4.98. The highest BCUT2D eigenvalue weighted by Gasteiger charge is 2.10. The van der Waals surface area contributed by atoms with Gasteiger partial charge in [-0.1, -0.05) is 61.5 Å². The molecule has 0 N–H and O–H groups in total. The minimum atomic E-state index is -0.551. The van der Waals surface area contributed by atoms with Gasteiger partial charge in [-0.15, -0.1) is 0 Å². The summed E-state index contributed by atoms with van der Waals surface area (Å²) in [4.78, 5) is 11.7. The van der Waals surface area contributed by atoms with Gasteiger partial charge in [0.2, 0.25) is 0 Å². The molecule has 0 radical (unpaired) electrons. The third-order valence-electron chi connectivity index (χ3n) is 4.29. The second-order valence-corrected chi connectivity index (χ2v) is 6.27. The summed E-state index contributed by atoms with van der Waals surface area (Å²) < 4.78 is 6.64. The molecule has 0 amide bonds. The molecule has 0 unspecified atom stereocenters. The summed E-state index contributed by atoms with van der Waals surface area (Å²) in [6, 6.07) is 20.1. The Morgan fingerprint density at radius 3 is 2.57 bits per heavy atom. The van der Waals surface area contributed by atoms with Gasteiger partial charge < -0.3 is 4.74 Å². The van der Waals surface area contributed by atoms with Crippen molar-refractivity contribution in [3.63, 3.8) is 0 Å². The van der Waals surface area contributed by atoms with E-state index in [1.807, 2.05) is 53.3 Å². The molecule has 1 heterocycles. The van der Waals surface area contributed by atoms with Crippen molar-refractivity contribution in [2.75, 3.05) is 6.61 Å². The molecule has 1 aromatic heterocycles. The molecule has 0 saturated heterocycles. The maximum atomic E-state index is 11.7. The van der Waals surface area contributed by atoms with Crippen molar-refractivity contribution in [3.8, 4) is 17.3 Å². The molecule has 0 aliphatic rings. The molecule has 5 nitrogen and oxygen atoms in total. The number of aromatic nitrogens is 2. The van der Waals surface area contributed by atoms with Crippen molar-refractivity contribution in [2.45, 2.75) is 19.9 Å². The molecule has 2 aromatic carbocycles. The van der Waals surface area contributed by atoms with Crippen LogP contribution in [0.4, 0.5) is 0 Å². The lowest BCUT2D eigenvalue weighted by Gasteiger charge is -2.02. The lowest BCUT2D eigenvalue weighted by Crippen LogP contribution is -2.00. The first-order valence-electron chi connectivity index (χ1n) is 9.12. The van der Waals surface area contributed by atoms with Crippen LogP contribution in [0.25, 0.3) is 17.3 Å². The molecule has 0 bridgehead atoms. The van der Waals surface area contributed by atoms with Gasteiger partial charge in [-0.25, -0.2) is 4.79 Å². The van der Waals surface area contributed by atoms with Crippen molar-refractivity contribution >= 4 is 12.0 Å². The van der Waals surface area contributed by atoms with E-state index in [1.165, 1.54) is 11.6 Å². The number of nitriles is 1. The van der Waals surface area contributed by atoms with Gasteiger partial charge in [-0.2, -0.15) is 10.4 Å². The number of aryl methyl sites for hydroxylation is 1. The number of ether oxygens (including phenoxy) is 1. The van der Waals surface area contributed by atoms with Crippen LogP contribution in [-0.4, -0.2) is 22.4 Å². The smallest absolute Gasteiger partial charge is 0.331 e. The molecule has 0 aliphatic heterocycles. The molecule has 3 aromatic rings. The Balaban J connectivity index is 1.91. The van der Waals surface area contributed by atoms with Crippen molar-refractivity contribution in [2.24, 2.45) is 0 Å². The van der Waals surface area contributed by atoms with E-state index in [2.05, 4.69) is 19.1 Å². The average molecular weight is 371 g/mol. The monoisotopic (exact) mass is 371 g/mol. The Kier molecular flexibility index (Phi) is 6.37. The van der Waals surface area contributed by atoms with Crippen molar-refractivity contribution < 1.29 is 9.53 Å². The summed E-state index contributed by atoms with van der Waals surface area (Å²) in [5, 5.41) is 13.2. The third kappa shape index (κ3) is 4.95. The van der Waals surface area contributed by atoms with E-state index in [4.69, 9.17) is 15.1 Å².